The first-order chi connectivity index (χ1) is 7.69. The van der Waals surface area contributed by atoms with Crippen LogP contribution < -0.4 is 4.90 Å². The predicted octanol–water partition coefficient (Wildman–Crippen LogP) is 0.976. The normalized spacial score (nSPS) is 25.8. The van der Waals surface area contributed by atoms with Crippen LogP contribution >= 0.6 is 0 Å². The first-order valence-electron chi connectivity index (χ1n) is 5.64. The fourth-order valence-corrected chi connectivity index (χ4v) is 2.04. The summed E-state index contributed by atoms with van der Waals surface area (Å²) in [5, 5.41) is 9.16. The number of morpholine rings is 1. The summed E-state index contributed by atoms with van der Waals surface area (Å²) >= 11 is 0. The molecule has 0 aliphatic carbocycles. The Kier molecular flexibility index (Phi) is 3.41. The molecule has 1 aromatic heterocycles. The van der Waals surface area contributed by atoms with Crippen LogP contribution in [0.25, 0.3) is 0 Å². The highest BCUT2D eigenvalue weighted by Crippen LogP contribution is 2.18. The molecule has 0 amide bonds. The van der Waals surface area contributed by atoms with Gasteiger partial charge in [0.15, 0.2) is 0 Å². The van der Waals surface area contributed by atoms with Crippen molar-refractivity contribution in [2.75, 3.05) is 24.6 Å². The Morgan fingerprint density at radius 1 is 1.50 bits per heavy atom. The third-order valence-electron chi connectivity index (χ3n) is 2.73. The Balaban J connectivity index is 2.14. The van der Waals surface area contributed by atoms with Gasteiger partial charge >= 0.3 is 0 Å². The maximum atomic E-state index is 9.16. The van der Waals surface area contributed by atoms with E-state index in [-0.39, 0.29) is 18.8 Å². The molecule has 1 aliphatic rings. The summed E-state index contributed by atoms with van der Waals surface area (Å²) in [6.07, 6.45) is 0.0271. The molecule has 1 aliphatic heterocycles. The van der Waals surface area contributed by atoms with E-state index in [1.165, 1.54) is 0 Å². The monoisotopic (exact) mass is 222 g/mol. The summed E-state index contributed by atoms with van der Waals surface area (Å²) in [5.41, 5.74) is 1.01. The Labute approximate surface area is 95.9 Å². The van der Waals surface area contributed by atoms with Gasteiger partial charge in [-0.15, -0.1) is 0 Å². The van der Waals surface area contributed by atoms with E-state index in [1.807, 2.05) is 32.0 Å². The van der Waals surface area contributed by atoms with Crippen LogP contribution in [0.4, 0.5) is 5.82 Å². The van der Waals surface area contributed by atoms with Gasteiger partial charge in [0.25, 0.3) is 0 Å². The van der Waals surface area contributed by atoms with Gasteiger partial charge in [0, 0.05) is 18.8 Å². The van der Waals surface area contributed by atoms with E-state index in [2.05, 4.69) is 9.88 Å². The summed E-state index contributed by atoms with van der Waals surface area (Å²) < 4.78 is 5.60. The lowest BCUT2D eigenvalue weighted by atomic mass is 10.2. The molecule has 1 aromatic rings. The largest absolute Gasteiger partial charge is 0.394 e. The highest BCUT2D eigenvalue weighted by molar-refractivity contribution is 5.40. The molecule has 2 rings (SSSR count). The van der Waals surface area contributed by atoms with Gasteiger partial charge in [-0.05, 0) is 26.0 Å². The summed E-state index contributed by atoms with van der Waals surface area (Å²) in [4.78, 5) is 6.66. The zero-order valence-corrected chi connectivity index (χ0v) is 9.76. The number of aliphatic hydroxyl groups excluding tert-OH is 1. The van der Waals surface area contributed by atoms with Crippen LogP contribution in [0.3, 0.4) is 0 Å². The van der Waals surface area contributed by atoms with Crippen molar-refractivity contribution < 1.29 is 9.84 Å². The Morgan fingerprint density at radius 3 is 3.00 bits per heavy atom. The van der Waals surface area contributed by atoms with Gasteiger partial charge in [0.1, 0.15) is 5.82 Å². The van der Waals surface area contributed by atoms with Crippen molar-refractivity contribution in [1.29, 1.82) is 0 Å². The van der Waals surface area contributed by atoms with Crippen molar-refractivity contribution in [2.45, 2.75) is 26.1 Å². The quantitative estimate of drug-likeness (QED) is 0.810. The summed E-state index contributed by atoms with van der Waals surface area (Å²) in [5.74, 6) is 0.966. The second-order valence-corrected chi connectivity index (χ2v) is 4.29. The molecular formula is C12H18N2O2. The third-order valence-corrected chi connectivity index (χ3v) is 2.73. The van der Waals surface area contributed by atoms with Gasteiger partial charge in [-0.2, -0.15) is 0 Å². The van der Waals surface area contributed by atoms with E-state index in [4.69, 9.17) is 9.84 Å². The van der Waals surface area contributed by atoms with Crippen molar-refractivity contribution in [3.05, 3.63) is 23.9 Å². The molecule has 4 nitrogen and oxygen atoms in total. The van der Waals surface area contributed by atoms with E-state index in [1.54, 1.807) is 0 Å². The molecule has 16 heavy (non-hydrogen) atoms. The zero-order chi connectivity index (χ0) is 11.5. The number of pyridine rings is 1. The van der Waals surface area contributed by atoms with Crippen LogP contribution in [-0.4, -0.2) is 42.0 Å². The summed E-state index contributed by atoms with van der Waals surface area (Å²) in [6.45, 7) is 5.60. The number of aromatic nitrogens is 1. The van der Waals surface area contributed by atoms with Gasteiger partial charge in [0.05, 0.1) is 18.8 Å². The van der Waals surface area contributed by atoms with Crippen molar-refractivity contribution in [3.8, 4) is 0 Å². The molecule has 0 bridgehead atoms. The average Bonchev–Trinajstić information content (AvgIpc) is 2.28. The van der Waals surface area contributed by atoms with E-state index in [0.29, 0.717) is 6.54 Å². The van der Waals surface area contributed by atoms with Crippen molar-refractivity contribution in [2.24, 2.45) is 0 Å². The lowest BCUT2D eigenvalue weighted by Crippen LogP contribution is -2.48. The molecule has 2 atom stereocenters. The Hall–Kier alpha value is -1.13. The molecule has 0 aromatic carbocycles. The van der Waals surface area contributed by atoms with E-state index < -0.39 is 0 Å². The van der Waals surface area contributed by atoms with E-state index >= 15 is 0 Å². The van der Waals surface area contributed by atoms with Crippen LogP contribution in [0.15, 0.2) is 18.2 Å². The minimum Gasteiger partial charge on any atom is -0.394 e. The smallest absolute Gasteiger partial charge is 0.128 e. The second-order valence-electron chi connectivity index (χ2n) is 4.29. The number of anilines is 1. The first-order valence-corrected chi connectivity index (χ1v) is 5.64. The van der Waals surface area contributed by atoms with Gasteiger partial charge in [-0.3, -0.25) is 0 Å². The molecule has 1 fully saturated rings. The topological polar surface area (TPSA) is 45.6 Å². The number of hydrogen-bond donors (Lipinski definition) is 1. The van der Waals surface area contributed by atoms with Crippen LogP contribution in [0.5, 0.6) is 0 Å². The van der Waals surface area contributed by atoms with Crippen molar-refractivity contribution >= 4 is 5.82 Å². The number of nitrogens with zero attached hydrogens (tertiary/aromatic N) is 2. The predicted molar refractivity (Wildman–Crippen MR) is 62.6 cm³/mol. The average molecular weight is 222 g/mol. The number of hydrogen-bond acceptors (Lipinski definition) is 4. The SMILES string of the molecule is Cc1cccc(N2CC(C)OC(CO)C2)n1. The number of aliphatic hydroxyl groups is 1. The fraction of sp³-hybridized carbons (Fsp3) is 0.583. The van der Waals surface area contributed by atoms with Crippen LogP contribution in [0.2, 0.25) is 0 Å². The van der Waals surface area contributed by atoms with Crippen molar-refractivity contribution in [1.82, 2.24) is 4.98 Å². The molecule has 1 N–H and O–H groups in total. The highest BCUT2D eigenvalue weighted by Gasteiger charge is 2.25. The summed E-state index contributed by atoms with van der Waals surface area (Å²) in [6, 6.07) is 5.99. The highest BCUT2D eigenvalue weighted by atomic mass is 16.5. The number of aryl methyl sites for hydroxylation is 1. The van der Waals surface area contributed by atoms with Crippen LogP contribution in [0.1, 0.15) is 12.6 Å². The van der Waals surface area contributed by atoms with E-state index in [9.17, 15) is 0 Å². The first kappa shape index (κ1) is 11.4. The number of ether oxygens (including phenoxy) is 1. The van der Waals surface area contributed by atoms with Crippen LogP contribution in [0, 0.1) is 6.92 Å². The molecule has 0 spiro atoms. The molecule has 0 saturated carbocycles. The molecule has 4 heteroatoms. The van der Waals surface area contributed by atoms with Crippen LogP contribution in [-0.2, 0) is 4.74 Å². The minimum atomic E-state index is -0.105. The lowest BCUT2D eigenvalue weighted by molar-refractivity contribution is -0.0423. The second kappa shape index (κ2) is 4.80. The molecule has 88 valence electrons. The molecular weight excluding hydrogens is 204 g/mol. The maximum Gasteiger partial charge on any atom is 0.128 e. The lowest BCUT2D eigenvalue weighted by Gasteiger charge is -2.36. The minimum absolute atomic E-state index is 0.0622. The zero-order valence-electron chi connectivity index (χ0n) is 9.76. The fourth-order valence-electron chi connectivity index (χ4n) is 2.04. The van der Waals surface area contributed by atoms with Gasteiger partial charge < -0.3 is 14.7 Å². The third kappa shape index (κ3) is 2.51. The van der Waals surface area contributed by atoms with E-state index in [0.717, 1.165) is 18.1 Å². The number of rotatable bonds is 2. The van der Waals surface area contributed by atoms with Gasteiger partial charge in [-0.25, -0.2) is 4.98 Å². The summed E-state index contributed by atoms with van der Waals surface area (Å²) in [7, 11) is 0. The Bertz CT molecular complexity index is 357. The maximum absolute atomic E-state index is 9.16. The standard InChI is InChI=1S/C12H18N2O2/c1-9-4-3-5-12(13-9)14-6-10(2)16-11(7-14)8-15/h3-5,10-11,15H,6-8H2,1-2H3. The molecule has 2 heterocycles. The molecule has 1 saturated heterocycles. The molecule has 0 radical (unpaired) electrons. The van der Waals surface area contributed by atoms with Crippen molar-refractivity contribution in [3.63, 3.8) is 0 Å². The Morgan fingerprint density at radius 2 is 2.31 bits per heavy atom. The molecule has 2 unspecified atom stereocenters. The van der Waals surface area contributed by atoms with Gasteiger partial charge in [0.2, 0.25) is 0 Å². The van der Waals surface area contributed by atoms with Gasteiger partial charge in [-0.1, -0.05) is 6.07 Å².